The van der Waals surface area contributed by atoms with Crippen molar-refractivity contribution in [2.24, 2.45) is 0 Å². The normalized spacial score (nSPS) is 21.3. The van der Waals surface area contributed by atoms with Crippen LogP contribution < -0.4 is 0 Å². The van der Waals surface area contributed by atoms with Gasteiger partial charge in [0, 0.05) is 6.20 Å². The van der Waals surface area contributed by atoms with E-state index in [1.54, 1.807) is 12.3 Å². The largest absolute Gasteiger partial charge is 0.240 e. The molecule has 2 nitrogen and oxygen atoms in total. The van der Waals surface area contributed by atoms with Gasteiger partial charge in [-0.1, -0.05) is 23.3 Å². The average Bonchev–Trinajstić information content (AvgIpc) is 2.67. The average molecular weight is 167 g/mol. The summed E-state index contributed by atoms with van der Waals surface area (Å²) in [6.45, 7) is 2.06. The summed E-state index contributed by atoms with van der Waals surface area (Å²) in [5.74, 6) is 1.17. The van der Waals surface area contributed by atoms with Gasteiger partial charge in [0.15, 0.2) is 0 Å². The van der Waals surface area contributed by atoms with Crippen molar-refractivity contribution in [1.29, 1.82) is 0 Å². The first-order valence-electron chi connectivity index (χ1n) is 3.44. The van der Waals surface area contributed by atoms with Crippen LogP contribution in [0.4, 0.5) is 0 Å². The number of hydrogen-bond donors (Lipinski definition) is 0. The fraction of sp³-hybridized carbons (Fsp3) is 0.250. The first kappa shape index (κ1) is 6.80. The van der Waals surface area contributed by atoms with Gasteiger partial charge in [0.1, 0.15) is 11.0 Å². The molecule has 11 heavy (non-hydrogen) atoms. The molecule has 0 amide bonds. The molecule has 0 saturated heterocycles. The molecule has 0 bridgehead atoms. The second kappa shape index (κ2) is 2.31. The summed E-state index contributed by atoms with van der Waals surface area (Å²) in [7, 11) is 0. The third-order valence-corrected chi connectivity index (χ3v) is 1.94. The molecular weight excluding hydrogens is 160 g/mol. The van der Waals surface area contributed by atoms with E-state index in [1.807, 2.05) is 0 Å². The summed E-state index contributed by atoms with van der Waals surface area (Å²) < 4.78 is 0. The van der Waals surface area contributed by atoms with E-state index < -0.39 is 0 Å². The van der Waals surface area contributed by atoms with Crippen molar-refractivity contribution in [1.82, 2.24) is 9.97 Å². The fourth-order valence-corrected chi connectivity index (χ4v) is 1.14. The zero-order valence-corrected chi connectivity index (χ0v) is 6.84. The highest BCUT2D eigenvalue weighted by molar-refractivity contribution is 6.29. The zero-order chi connectivity index (χ0) is 7.84. The van der Waals surface area contributed by atoms with Gasteiger partial charge in [0.05, 0.1) is 5.92 Å². The maximum atomic E-state index is 5.69. The first-order chi connectivity index (χ1) is 5.27. The van der Waals surface area contributed by atoms with Gasteiger partial charge in [-0.3, -0.25) is 0 Å². The van der Waals surface area contributed by atoms with E-state index in [-0.39, 0.29) is 0 Å². The molecule has 0 spiro atoms. The SMILES string of the molecule is CC1=CC1c1nccc(Cl)n1. The molecule has 2 rings (SSSR count). The van der Waals surface area contributed by atoms with Gasteiger partial charge >= 0.3 is 0 Å². The predicted molar refractivity (Wildman–Crippen MR) is 43.5 cm³/mol. The van der Waals surface area contributed by atoms with Gasteiger partial charge < -0.3 is 0 Å². The van der Waals surface area contributed by atoms with Crippen LogP contribution in [0, 0.1) is 0 Å². The molecule has 0 saturated carbocycles. The predicted octanol–water partition coefficient (Wildman–Crippen LogP) is 2.17. The molecular formula is C8H7ClN2. The number of hydrogen-bond acceptors (Lipinski definition) is 2. The van der Waals surface area contributed by atoms with Crippen LogP contribution in [-0.4, -0.2) is 9.97 Å². The molecule has 0 fully saturated rings. The van der Waals surface area contributed by atoms with Crippen molar-refractivity contribution in [2.45, 2.75) is 12.8 Å². The van der Waals surface area contributed by atoms with Gasteiger partial charge in [0.2, 0.25) is 0 Å². The smallest absolute Gasteiger partial charge is 0.140 e. The summed E-state index contributed by atoms with van der Waals surface area (Å²) in [4.78, 5) is 8.19. The maximum Gasteiger partial charge on any atom is 0.140 e. The monoisotopic (exact) mass is 166 g/mol. The topological polar surface area (TPSA) is 25.8 Å². The number of rotatable bonds is 1. The first-order valence-corrected chi connectivity index (χ1v) is 3.82. The van der Waals surface area contributed by atoms with E-state index in [9.17, 15) is 0 Å². The highest BCUT2D eigenvalue weighted by atomic mass is 35.5. The molecule has 0 N–H and O–H groups in total. The minimum absolute atomic E-state index is 0.355. The molecule has 1 aromatic heterocycles. The highest BCUT2D eigenvalue weighted by Gasteiger charge is 2.24. The Morgan fingerprint density at radius 1 is 1.55 bits per heavy atom. The van der Waals surface area contributed by atoms with E-state index in [4.69, 9.17) is 11.6 Å². The lowest BCUT2D eigenvalue weighted by Gasteiger charge is -1.96. The Morgan fingerprint density at radius 3 is 2.82 bits per heavy atom. The summed E-state index contributed by atoms with van der Waals surface area (Å²) in [5.41, 5.74) is 1.33. The van der Waals surface area contributed by atoms with Gasteiger partial charge in [-0.05, 0) is 13.0 Å². The molecule has 1 unspecified atom stereocenters. The van der Waals surface area contributed by atoms with Crippen molar-refractivity contribution >= 4 is 11.6 Å². The lowest BCUT2D eigenvalue weighted by Crippen LogP contribution is -1.92. The van der Waals surface area contributed by atoms with E-state index in [0.29, 0.717) is 11.1 Å². The molecule has 1 aliphatic rings. The number of allylic oxidation sites excluding steroid dienone is 2. The number of aromatic nitrogens is 2. The van der Waals surface area contributed by atoms with Gasteiger partial charge in [-0.25, -0.2) is 9.97 Å². The summed E-state index contributed by atoms with van der Waals surface area (Å²) in [6, 6.07) is 1.68. The molecule has 0 radical (unpaired) electrons. The van der Waals surface area contributed by atoms with Gasteiger partial charge in [-0.2, -0.15) is 0 Å². The van der Waals surface area contributed by atoms with Crippen molar-refractivity contribution < 1.29 is 0 Å². The van der Waals surface area contributed by atoms with Crippen LogP contribution in [-0.2, 0) is 0 Å². The Hall–Kier alpha value is -0.890. The van der Waals surface area contributed by atoms with Crippen molar-refractivity contribution in [3.63, 3.8) is 0 Å². The van der Waals surface area contributed by atoms with E-state index in [1.165, 1.54) is 5.57 Å². The molecule has 1 aliphatic carbocycles. The van der Waals surface area contributed by atoms with Crippen LogP contribution >= 0.6 is 11.6 Å². The molecule has 0 aromatic carbocycles. The molecule has 0 aliphatic heterocycles. The third-order valence-electron chi connectivity index (χ3n) is 1.73. The van der Waals surface area contributed by atoms with E-state index in [2.05, 4.69) is 23.0 Å². The zero-order valence-electron chi connectivity index (χ0n) is 6.08. The van der Waals surface area contributed by atoms with Crippen molar-refractivity contribution in [3.8, 4) is 0 Å². The van der Waals surface area contributed by atoms with E-state index >= 15 is 0 Å². The Labute approximate surface area is 69.9 Å². The van der Waals surface area contributed by atoms with Crippen LogP contribution in [0.15, 0.2) is 23.9 Å². The Balaban J connectivity index is 2.26. The fourth-order valence-electron chi connectivity index (χ4n) is 0.993. The maximum absolute atomic E-state index is 5.69. The minimum Gasteiger partial charge on any atom is -0.240 e. The summed E-state index contributed by atoms with van der Waals surface area (Å²) in [6.07, 6.45) is 3.80. The summed E-state index contributed by atoms with van der Waals surface area (Å²) in [5, 5.41) is 0.517. The standard InChI is InChI=1S/C8H7ClN2/c1-5-4-6(5)8-10-3-2-7(9)11-8/h2-4,6H,1H3. The molecule has 1 heterocycles. The molecule has 56 valence electrons. The van der Waals surface area contributed by atoms with Crippen LogP contribution in [0.5, 0.6) is 0 Å². The second-order valence-corrected chi connectivity index (χ2v) is 3.01. The Kier molecular flexibility index (Phi) is 1.43. The third kappa shape index (κ3) is 1.26. The Bertz CT molecular complexity index is 320. The number of nitrogens with zero attached hydrogens (tertiary/aromatic N) is 2. The highest BCUT2D eigenvalue weighted by Crippen LogP contribution is 2.36. The van der Waals surface area contributed by atoms with Gasteiger partial charge in [-0.15, -0.1) is 0 Å². The molecule has 1 aromatic rings. The summed E-state index contributed by atoms with van der Waals surface area (Å²) >= 11 is 5.69. The van der Waals surface area contributed by atoms with Crippen LogP contribution in [0.2, 0.25) is 5.15 Å². The quantitative estimate of drug-likeness (QED) is 0.472. The number of halogens is 1. The Morgan fingerprint density at radius 2 is 2.27 bits per heavy atom. The molecule has 3 heteroatoms. The van der Waals surface area contributed by atoms with E-state index in [0.717, 1.165) is 5.82 Å². The molecule has 1 atom stereocenters. The van der Waals surface area contributed by atoms with Crippen LogP contribution in [0.25, 0.3) is 0 Å². The van der Waals surface area contributed by atoms with Gasteiger partial charge in [0.25, 0.3) is 0 Å². The minimum atomic E-state index is 0.355. The lowest BCUT2D eigenvalue weighted by atomic mass is 10.3. The second-order valence-electron chi connectivity index (χ2n) is 2.63. The van der Waals surface area contributed by atoms with Crippen LogP contribution in [0.3, 0.4) is 0 Å². The lowest BCUT2D eigenvalue weighted by molar-refractivity contribution is 0.951. The van der Waals surface area contributed by atoms with Crippen molar-refractivity contribution in [2.75, 3.05) is 0 Å². The van der Waals surface area contributed by atoms with Crippen molar-refractivity contribution in [3.05, 3.63) is 34.9 Å². The van der Waals surface area contributed by atoms with Crippen LogP contribution in [0.1, 0.15) is 18.7 Å².